The van der Waals surface area contributed by atoms with E-state index in [-0.39, 0.29) is 11.7 Å². The number of nitrogens with one attached hydrogen (secondary N) is 1. The van der Waals surface area contributed by atoms with Gasteiger partial charge in [-0.05, 0) is 31.5 Å². The Labute approximate surface area is 121 Å². The van der Waals surface area contributed by atoms with Crippen LogP contribution in [0, 0.1) is 5.41 Å². The molecular formula is C14H18F3N3O. The first kappa shape index (κ1) is 15.6. The van der Waals surface area contributed by atoms with E-state index < -0.39 is 17.6 Å². The normalized spacial score (nSPS) is 20.2. The molecule has 0 bridgehead atoms. The lowest BCUT2D eigenvalue weighted by molar-refractivity contribution is -0.137. The molecule has 1 aromatic rings. The van der Waals surface area contributed by atoms with Gasteiger partial charge >= 0.3 is 6.18 Å². The molecule has 7 heteroatoms. The first-order valence-electron chi connectivity index (χ1n) is 6.71. The van der Waals surface area contributed by atoms with Crippen molar-refractivity contribution in [3.8, 4) is 0 Å². The molecule has 0 aromatic heterocycles. The second-order valence-corrected chi connectivity index (χ2v) is 5.12. The number of nitrogens with two attached hydrogens (primary N) is 1. The number of hydrogen-bond donors (Lipinski definition) is 2. The summed E-state index contributed by atoms with van der Waals surface area (Å²) in [4.78, 5) is 1.96. The fraction of sp³-hybridized carbons (Fsp3) is 0.500. The highest BCUT2D eigenvalue weighted by atomic mass is 19.4. The van der Waals surface area contributed by atoms with Crippen molar-refractivity contribution in [1.29, 1.82) is 5.41 Å². The SMILES string of the molecule is CC1CN(c2ccc(C(F)(F)F)c(C(=N)N)c2)CCCO1. The molecule has 0 amide bonds. The monoisotopic (exact) mass is 301 g/mol. The standard InChI is InChI=1S/C14H18F3N3O/c1-9-8-20(5-2-6-21-9)10-3-4-12(14(15,16)17)11(7-10)13(18)19/h3-4,7,9H,2,5-6,8H2,1H3,(H3,18,19). The molecule has 0 spiro atoms. The van der Waals surface area contributed by atoms with Crippen LogP contribution in [0.15, 0.2) is 18.2 Å². The van der Waals surface area contributed by atoms with Crippen LogP contribution in [-0.4, -0.2) is 31.6 Å². The zero-order valence-electron chi connectivity index (χ0n) is 11.7. The third kappa shape index (κ3) is 3.66. The highest BCUT2D eigenvalue weighted by molar-refractivity contribution is 5.97. The summed E-state index contributed by atoms with van der Waals surface area (Å²) in [6, 6.07) is 3.75. The second kappa shape index (κ2) is 5.93. The number of halogens is 3. The lowest BCUT2D eigenvalue weighted by atomic mass is 10.0. The zero-order valence-corrected chi connectivity index (χ0v) is 11.7. The molecule has 1 atom stereocenters. The predicted molar refractivity (Wildman–Crippen MR) is 74.7 cm³/mol. The summed E-state index contributed by atoms with van der Waals surface area (Å²) in [5, 5.41) is 7.38. The number of anilines is 1. The molecule has 1 unspecified atom stereocenters. The van der Waals surface area contributed by atoms with E-state index in [9.17, 15) is 13.2 Å². The number of rotatable bonds is 2. The summed E-state index contributed by atoms with van der Waals surface area (Å²) in [6.45, 7) is 3.86. The Morgan fingerprint density at radius 3 is 2.76 bits per heavy atom. The number of ether oxygens (including phenoxy) is 1. The quantitative estimate of drug-likeness (QED) is 0.652. The molecule has 1 heterocycles. The Morgan fingerprint density at radius 1 is 1.43 bits per heavy atom. The van der Waals surface area contributed by atoms with E-state index in [0.717, 1.165) is 12.5 Å². The molecule has 4 nitrogen and oxygen atoms in total. The van der Waals surface area contributed by atoms with Crippen LogP contribution in [-0.2, 0) is 10.9 Å². The maximum atomic E-state index is 12.9. The number of nitrogen functional groups attached to an aromatic ring is 1. The predicted octanol–water partition coefficient (Wildman–Crippen LogP) is 2.60. The number of alkyl halides is 3. The summed E-state index contributed by atoms with van der Waals surface area (Å²) in [6.07, 6.45) is -3.70. The second-order valence-electron chi connectivity index (χ2n) is 5.12. The lowest BCUT2D eigenvalue weighted by Crippen LogP contribution is -2.30. The summed E-state index contributed by atoms with van der Waals surface area (Å²) in [7, 11) is 0. The Balaban J connectivity index is 2.37. The first-order chi connectivity index (χ1) is 9.79. The molecular weight excluding hydrogens is 283 g/mol. The van der Waals surface area contributed by atoms with Gasteiger partial charge in [0.05, 0.1) is 11.7 Å². The first-order valence-corrected chi connectivity index (χ1v) is 6.71. The Hall–Kier alpha value is -1.76. The van der Waals surface area contributed by atoms with Crippen LogP contribution >= 0.6 is 0 Å². The molecule has 1 aliphatic heterocycles. The van der Waals surface area contributed by atoms with Crippen molar-refractivity contribution in [2.45, 2.75) is 25.6 Å². The van der Waals surface area contributed by atoms with Gasteiger partial charge in [0.25, 0.3) is 0 Å². The third-order valence-corrected chi connectivity index (χ3v) is 3.42. The highest BCUT2D eigenvalue weighted by Gasteiger charge is 2.34. The minimum Gasteiger partial charge on any atom is -0.384 e. The maximum absolute atomic E-state index is 12.9. The maximum Gasteiger partial charge on any atom is 0.417 e. The molecule has 21 heavy (non-hydrogen) atoms. The van der Waals surface area contributed by atoms with Gasteiger partial charge in [0.2, 0.25) is 0 Å². The van der Waals surface area contributed by atoms with Crippen LogP contribution in [0.1, 0.15) is 24.5 Å². The van der Waals surface area contributed by atoms with Crippen LogP contribution in [0.4, 0.5) is 18.9 Å². The Kier molecular flexibility index (Phi) is 4.41. The molecule has 3 N–H and O–H groups in total. The van der Waals surface area contributed by atoms with Crippen LogP contribution < -0.4 is 10.6 Å². The van der Waals surface area contributed by atoms with Gasteiger partial charge in [-0.2, -0.15) is 13.2 Å². The highest BCUT2D eigenvalue weighted by Crippen LogP contribution is 2.34. The van der Waals surface area contributed by atoms with E-state index in [1.54, 1.807) is 0 Å². The number of benzene rings is 1. The van der Waals surface area contributed by atoms with E-state index >= 15 is 0 Å². The van der Waals surface area contributed by atoms with Gasteiger partial charge in [-0.1, -0.05) is 0 Å². The van der Waals surface area contributed by atoms with Crippen molar-refractivity contribution in [3.05, 3.63) is 29.3 Å². The van der Waals surface area contributed by atoms with Crippen LogP contribution in [0.2, 0.25) is 0 Å². The Morgan fingerprint density at radius 2 is 2.14 bits per heavy atom. The Bertz CT molecular complexity index is 531. The average molecular weight is 301 g/mol. The summed E-state index contributed by atoms with van der Waals surface area (Å²) in [5.41, 5.74) is 4.78. The van der Waals surface area contributed by atoms with Crippen molar-refractivity contribution in [2.75, 3.05) is 24.6 Å². The van der Waals surface area contributed by atoms with Gasteiger partial charge in [0, 0.05) is 30.9 Å². The molecule has 0 radical (unpaired) electrons. The molecule has 116 valence electrons. The minimum absolute atomic E-state index is 0.00979. The van der Waals surface area contributed by atoms with Crippen LogP contribution in [0.25, 0.3) is 0 Å². The van der Waals surface area contributed by atoms with Gasteiger partial charge in [-0.15, -0.1) is 0 Å². The molecule has 1 saturated heterocycles. The van der Waals surface area contributed by atoms with E-state index in [2.05, 4.69) is 0 Å². The smallest absolute Gasteiger partial charge is 0.384 e. The number of hydrogen-bond acceptors (Lipinski definition) is 3. The van der Waals surface area contributed by atoms with Crippen molar-refractivity contribution >= 4 is 11.5 Å². The topological polar surface area (TPSA) is 62.3 Å². The third-order valence-electron chi connectivity index (χ3n) is 3.42. The molecule has 1 fully saturated rings. The largest absolute Gasteiger partial charge is 0.417 e. The van der Waals surface area contributed by atoms with E-state index in [4.69, 9.17) is 15.9 Å². The fourth-order valence-electron chi connectivity index (χ4n) is 2.43. The summed E-state index contributed by atoms with van der Waals surface area (Å²) >= 11 is 0. The van der Waals surface area contributed by atoms with Crippen LogP contribution in [0.3, 0.4) is 0 Å². The summed E-state index contributed by atoms with van der Waals surface area (Å²) in [5.74, 6) is -0.580. The fourth-order valence-corrected chi connectivity index (χ4v) is 2.43. The molecule has 0 aliphatic carbocycles. The van der Waals surface area contributed by atoms with Gasteiger partial charge in [-0.3, -0.25) is 5.41 Å². The molecule has 1 aromatic carbocycles. The van der Waals surface area contributed by atoms with Crippen molar-refractivity contribution < 1.29 is 17.9 Å². The lowest BCUT2D eigenvalue weighted by Gasteiger charge is -2.25. The zero-order chi connectivity index (χ0) is 15.6. The van der Waals surface area contributed by atoms with Gasteiger partial charge in [0.15, 0.2) is 0 Å². The van der Waals surface area contributed by atoms with Gasteiger partial charge in [0.1, 0.15) is 5.84 Å². The van der Waals surface area contributed by atoms with Crippen molar-refractivity contribution in [3.63, 3.8) is 0 Å². The van der Waals surface area contributed by atoms with E-state index in [1.807, 2.05) is 11.8 Å². The molecule has 0 saturated carbocycles. The molecule has 2 rings (SSSR count). The van der Waals surface area contributed by atoms with E-state index in [1.165, 1.54) is 12.1 Å². The van der Waals surface area contributed by atoms with E-state index in [0.29, 0.717) is 25.4 Å². The van der Waals surface area contributed by atoms with Gasteiger partial charge < -0.3 is 15.4 Å². The average Bonchev–Trinajstić information content (AvgIpc) is 2.61. The van der Waals surface area contributed by atoms with Crippen molar-refractivity contribution in [1.82, 2.24) is 0 Å². The van der Waals surface area contributed by atoms with Crippen LogP contribution in [0.5, 0.6) is 0 Å². The number of nitrogens with zero attached hydrogens (tertiary/aromatic N) is 1. The minimum atomic E-state index is -4.52. The number of amidine groups is 1. The van der Waals surface area contributed by atoms with Crippen molar-refractivity contribution in [2.24, 2.45) is 5.73 Å². The molecule has 1 aliphatic rings. The summed E-state index contributed by atoms with van der Waals surface area (Å²) < 4.78 is 44.3. The van der Waals surface area contributed by atoms with Gasteiger partial charge in [-0.25, -0.2) is 0 Å².